The van der Waals surface area contributed by atoms with Crippen molar-refractivity contribution in [2.75, 3.05) is 5.73 Å². The molecule has 3 N–H and O–H groups in total. The molecule has 2 rings (SSSR count). The Morgan fingerprint density at radius 3 is 2.89 bits per heavy atom. The van der Waals surface area contributed by atoms with Crippen molar-refractivity contribution in [3.63, 3.8) is 0 Å². The Kier molecular flexibility index (Phi) is 4.52. The van der Waals surface area contributed by atoms with Gasteiger partial charge in [0.25, 0.3) is 0 Å². The van der Waals surface area contributed by atoms with Crippen LogP contribution in [0, 0.1) is 6.92 Å². The van der Waals surface area contributed by atoms with Gasteiger partial charge < -0.3 is 11.1 Å². The van der Waals surface area contributed by atoms with E-state index in [0.29, 0.717) is 19.4 Å². The number of carbonyl (C=O) groups is 1. The van der Waals surface area contributed by atoms with Gasteiger partial charge in [-0.05, 0) is 25.0 Å². The Morgan fingerprint density at radius 1 is 1.42 bits per heavy atom. The molecular formula is C14H17N3OS. The number of nitrogen functional groups attached to an aromatic ring is 1. The maximum atomic E-state index is 11.7. The summed E-state index contributed by atoms with van der Waals surface area (Å²) in [5.41, 5.74) is 7.59. The van der Waals surface area contributed by atoms with Crippen molar-refractivity contribution in [3.05, 3.63) is 45.9 Å². The molecule has 0 saturated heterocycles. The van der Waals surface area contributed by atoms with Gasteiger partial charge in [-0.2, -0.15) is 0 Å². The van der Waals surface area contributed by atoms with E-state index < -0.39 is 0 Å². The van der Waals surface area contributed by atoms with Gasteiger partial charge >= 0.3 is 0 Å². The average molecular weight is 275 g/mol. The van der Waals surface area contributed by atoms with Crippen LogP contribution in [-0.2, 0) is 17.8 Å². The molecule has 0 bridgehead atoms. The maximum absolute atomic E-state index is 11.7. The molecule has 1 aromatic heterocycles. The third-order valence-electron chi connectivity index (χ3n) is 2.78. The van der Waals surface area contributed by atoms with Crippen LogP contribution in [-0.4, -0.2) is 10.9 Å². The molecule has 1 amide bonds. The Morgan fingerprint density at radius 2 is 2.21 bits per heavy atom. The fourth-order valence-corrected chi connectivity index (χ4v) is 2.48. The second-order valence-electron chi connectivity index (χ2n) is 4.34. The molecular weight excluding hydrogens is 258 g/mol. The number of hydrogen-bond acceptors (Lipinski definition) is 4. The number of nitrogens with one attached hydrogen (secondary N) is 1. The van der Waals surface area contributed by atoms with Gasteiger partial charge in [0.15, 0.2) is 0 Å². The summed E-state index contributed by atoms with van der Waals surface area (Å²) in [5.74, 6) is 0.0242. The lowest BCUT2D eigenvalue weighted by Crippen LogP contribution is -2.23. The van der Waals surface area contributed by atoms with Crippen LogP contribution >= 0.6 is 11.3 Å². The zero-order valence-electron chi connectivity index (χ0n) is 10.8. The highest BCUT2D eigenvalue weighted by atomic mass is 32.1. The highest BCUT2D eigenvalue weighted by Gasteiger charge is 2.05. The third kappa shape index (κ3) is 4.06. The zero-order valence-corrected chi connectivity index (χ0v) is 11.7. The van der Waals surface area contributed by atoms with E-state index in [1.54, 1.807) is 11.3 Å². The van der Waals surface area contributed by atoms with Gasteiger partial charge in [-0.25, -0.2) is 4.98 Å². The summed E-state index contributed by atoms with van der Waals surface area (Å²) in [6.07, 6.45) is 2.92. The van der Waals surface area contributed by atoms with E-state index in [1.165, 1.54) is 0 Å². The van der Waals surface area contributed by atoms with E-state index in [1.807, 2.05) is 37.4 Å². The van der Waals surface area contributed by atoms with Crippen molar-refractivity contribution < 1.29 is 4.79 Å². The molecule has 5 heteroatoms. The first-order chi connectivity index (χ1) is 9.15. The van der Waals surface area contributed by atoms with Crippen LogP contribution in [0.1, 0.15) is 21.9 Å². The summed E-state index contributed by atoms with van der Waals surface area (Å²) in [5, 5.41) is 3.81. The van der Waals surface area contributed by atoms with Gasteiger partial charge in [0, 0.05) is 23.2 Å². The topological polar surface area (TPSA) is 68.0 Å². The number of aryl methyl sites for hydroxylation is 2. The second-order valence-corrected chi connectivity index (χ2v) is 5.66. The number of nitrogens with zero attached hydrogens (tertiary/aromatic N) is 1. The predicted molar refractivity (Wildman–Crippen MR) is 77.9 cm³/mol. The molecule has 1 heterocycles. The minimum Gasteiger partial charge on any atom is -0.399 e. The molecule has 0 aliphatic rings. The standard InChI is InChI=1S/C14H17N3OS/c1-10-8-17-14(19-10)9-16-13(18)7-6-11-4-2-3-5-12(11)15/h2-5,8H,6-7,9,15H2,1H3,(H,16,18). The molecule has 0 atom stereocenters. The summed E-state index contributed by atoms with van der Waals surface area (Å²) in [4.78, 5) is 17.1. The minimum absolute atomic E-state index is 0.0242. The van der Waals surface area contributed by atoms with Crippen LogP contribution < -0.4 is 11.1 Å². The van der Waals surface area contributed by atoms with Gasteiger partial charge in [0.1, 0.15) is 5.01 Å². The fraction of sp³-hybridized carbons (Fsp3) is 0.286. The number of nitrogens with two attached hydrogens (primary N) is 1. The molecule has 0 fully saturated rings. The van der Waals surface area contributed by atoms with Crippen molar-refractivity contribution in [2.45, 2.75) is 26.3 Å². The van der Waals surface area contributed by atoms with E-state index >= 15 is 0 Å². The number of benzene rings is 1. The van der Waals surface area contributed by atoms with E-state index in [9.17, 15) is 4.79 Å². The van der Waals surface area contributed by atoms with Crippen LogP contribution in [0.3, 0.4) is 0 Å². The molecule has 4 nitrogen and oxygen atoms in total. The van der Waals surface area contributed by atoms with E-state index in [4.69, 9.17) is 5.73 Å². The highest BCUT2D eigenvalue weighted by molar-refractivity contribution is 7.11. The van der Waals surface area contributed by atoms with Crippen molar-refractivity contribution in [3.8, 4) is 0 Å². The number of thiazole rings is 1. The molecule has 2 aromatic rings. The van der Waals surface area contributed by atoms with E-state index in [2.05, 4.69) is 10.3 Å². The normalized spacial score (nSPS) is 10.4. The zero-order chi connectivity index (χ0) is 13.7. The average Bonchev–Trinajstić information content (AvgIpc) is 2.81. The van der Waals surface area contributed by atoms with Crippen molar-refractivity contribution in [2.24, 2.45) is 0 Å². The first-order valence-electron chi connectivity index (χ1n) is 6.16. The SMILES string of the molecule is Cc1cnc(CNC(=O)CCc2ccccc2N)s1. The van der Waals surface area contributed by atoms with Crippen LogP contribution in [0.25, 0.3) is 0 Å². The molecule has 0 unspecified atom stereocenters. The number of carbonyl (C=O) groups excluding carboxylic acids is 1. The Bertz CT molecular complexity index is 565. The number of para-hydroxylation sites is 1. The molecule has 19 heavy (non-hydrogen) atoms. The summed E-state index contributed by atoms with van der Waals surface area (Å²) in [6.45, 7) is 2.50. The highest BCUT2D eigenvalue weighted by Crippen LogP contribution is 2.13. The first kappa shape index (κ1) is 13.5. The second kappa shape index (κ2) is 6.33. The van der Waals surface area contributed by atoms with Crippen molar-refractivity contribution >= 4 is 22.9 Å². The summed E-state index contributed by atoms with van der Waals surface area (Å²) in [7, 11) is 0. The third-order valence-corrected chi connectivity index (χ3v) is 3.70. The van der Waals surface area contributed by atoms with Gasteiger partial charge in [0.2, 0.25) is 5.91 Å². The molecule has 0 spiro atoms. The number of aromatic nitrogens is 1. The van der Waals surface area contributed by atoms with Gasteiger partial charge in [0.05, 0.1) is 6.54 Å². The number of amides is 1. The number of rotatable bonds is 5. The fourth-order valence-electron chi connectivity index (χ4n) is 1.76. The smallest absolute Gasteiger partial charge is 0.220 e. The number of anilines is 1. The summed E-state index contributed by atoms with van der Waals surface area (Å²) in [6, 6.07) is 7.63. The predicted octanol–water partition coefficient (Wildman–Crippen LogP) is 2.28. The van der Waals surface area contributed by atoms with E-state index in [0.717, 1.165) is 21.1 Å². The molecule has 0 radical (unpaired) electrons. The monoisotopic (exact) mass is 275 g/mol. The number of hydrogen-bond donors (Lipinski definition) is 2. The molecule has 100 valence electrons. The van der Waals surface area contributed by atoms with Crippen LogP contribution in [0.4, 0.5) is 5.69 Å². The lowest BCUT2D eigenvalue weighted by Gasteiger charge is -2.05. The van der Waals surface area contributed by atoms with Gasteiger partial charge in [-0.15, -0.1) is 11.3 Å². The summed E-state index contributed by atoms with van der Waals surface area (Å²) >= 11 is 1.60. The lowest BCUT2D eigenvalue weighted by atomic mass is 10.1. The van der Waals surface area contributed by atoms with E-state index in [-0.39, 0.29) is 5.91 Å². The van der Waals surface area contributed by atoms with Gasteiger partial charge in [-0.1, -0.05) is 18.2 Å². The first-order valence-corrected chi connectivity index (χ1v) is 6.98. The van der Waals surface area contributed by atoms with Crippen molar-refractivity contribution in [1.82, 2.24) is 10.3 Å². The Balaban J connectivity index is 1.77. The van der Waals surface area contributed by atoms with Crippen LogP contribution in [0.15, 0.2) is 30.5 Å². The lowest BCUT2D eigenvalue weighted by molar-refractivity contribution is -0.121. The molecule has 0 aliphatic heterocycles. The van der Waals surface area contributed by atoms with Crippen molar-refractivity contribution in [1.29, 1.82) is 0 Å². The minimum atomic E-state index is 0.0242. The summed E-state index contributed by atoms with van der Waals surface area (Å²) < 4.78 is 0. The molecule has 0 aliphatic carbocycles. The molecule has 1 aromatic carbocycles. The Hall–Kier alpha value is -1.88. The quantitative estimate of drug-likeness (QED) is 0.823. The largest absolute Gasteiger partial charge is 0.399 e. The Labute approximate surface area is 116 Å². The van der Waals surface area contributed by atoms with Crippen LogP contribution in [0.5, 0.6) is 0 Å². The molecule has 0 saturated carbocycles. The maximum Gasteiger partial charge on any atom is 0.220 e. The van der Waals surface area contributed by atoms with Crippen LogP contribution in [0.2, 0.25) is 0 Å². The van der Waals surface area contributed by atoms with Gasteiger partial charge in [-0.3, -0.25) is 4.79 Å².